The van der Waals surface area contributed by atoms with Gasteiger partial charge in [-0.25, -0.2) is 0 Å². The third kappa shape index (κ3) is 4.85. The lowest BCUT2D eigenvalue weighted by Gasteiger charge is -2.26. The van der Waals surface area contributed by atoms with Crippen LogP contribution in [0.1, 0.15) is 61.0 Å². The number of fused-ring (bicyclic) bond motifs is 1. The fraction of sp³-hybridized carbons (Fsp3) is 0.320. The van der Waals surface area contributed by atoms with E-state index in [1.807, 2.05) is 26.8 Å². The van der Waals surface area contributed by atoms with E-state index in [4.69, 9.17) is 4.74 Å². The highest BCUT2D eigenvalue weighted by Gasteiger charge is 2.35. The lowest BCUT2D eigenvalue weighted by Crippen LogP contribution is -2.26. The van der Waals surface area contributed by atoms with Gasteiger partial charge in [-0.05, 0) is 46.1 Å². The van der Waals surface area contributed by atoms with E-state index in [0.717, 1.165) is 24.5 Å². The topological polar surface area (TPSA) is 107 Å². The lowest BCUT2D eigenvalue weighted by molar-refractivity contribution is 0.0889. The van der Waals surface area contributed by atoms with Gasteiger partial charge in [0, 0.05) is 23.3 Å². The highest BCUT2D eigenvalue weighted by atomic mass is 16.5. The lowest BCUT2D eigenvalue weighted by atomic mass is 9.86. The van der Waals surface area contributed by atoms with Gasteiger partial charge >= 0.3 is 0 Å². The molecule has 1 atom stereocenters. The van der Waals surface area contributed by atoms with Crippen LogP contribution >= 0.6 is 0 Å². The fourth-order valence-corrected chi connectivity index (χ4v) is 3.67. The van der Waals surface area contributed by atoms with Crippen molar-refractivity contribution in [3.63, 3.8) is 0 Å². The van der Waals surface area contributed by atoms with Crippen molar-refractivity contribution < 1.29 is 30.0 Å². The fourth-order valence-electron chi connectivity index (χ4n) is 3.67. The first-order valence-corrected chi connectivity index (χ1v) is 10.2. The molecule has 31 heavy (non-hydrogen) atoms. The highest BCUT2D eigenvalue weighted by Crippen LogP contribution is 2.45. The van der Waals surface area contributed by atoms with Crippen molar-refractivity contribution in [1.82, 2.24) is 0 Å². The van der Waals surface area contributed by atoms with Crippen LogP contribution in [0.25, 0.3) is 0 Å². The van der Waals surface area contributed by atoms with Crippen molar-refractivity contribution >= 4 is 5.78 Å². The van der Waals surface area contributed by atoms with Gasteiger partial charge in [0.25, 0.3) is 0 Å². The van der Waals surface area contributed by atoms with Crippen LogP contribution in [0.4, 0.5) is 0 Å². The molecule has 0 bridgehead atoms. The predicted molar refractivity (Wildman–Crippen MR) is 118 cm³/mol. The maximum Gasteiger partial charge on any atom is 0.181 e. The van der Waals surface area contributed by atoms with Gasteiger partial charge in [-0.3, -0.25) is 4.79 Å². The van der Waals surface area contributed by atoms with E-state index in [1.165, 1.54) is 23.8 Å². The Hall–Kier alpha value is -3.41. The van der Waals surface area contributed by atoms with Crippen molar-refractivity contribution in [1.29, 1.82) is 0 Å². The Balaban J connectivity index is 1.89. The summed E-state index contributed by atoms with van der Waals surface area (Å²) >= 11 is 0. The van der Waals surface area contributed by atoms with E-state index in [0.29, 0.717) is 5.56 Å². The maximum atomic E-state index is 13.2. The Morgan fingerprint density at radius 3 is 2.48 bits per heavy atom. The first-order chi connectivity index (χ1) is 14.7. The molecule has 1 aliphatic heterocycles. The number of benzene rings is 2. The summed E-state index contributed by atoms with van der Waals surface area (Å²) in [5.74, 6) is -1.92. The van der Waals surface area contributed by atoms with Crippen LogP contribution in [-0.4, -0.2) is 32.8 Å². The minimum Gasteiger partial charge on any atom is -0.508 e. The zero-order valence-electron chi connectivity index (χ0n) is 18.0. The molecule has 0 aliphatic carbocycles. The van der Waals surface area contributed by atoms with Gasteiger partial charge in [-0.1, -0.05) is 29.4 Å². The SMILES string of the molecule is CC(C)=CCC/C(C)=C/Cc1c(O)cc2c(c1O)C(=O)C(c1ccc(O)cc1O)CO2. The van der Waals surface area contributed by atoms with Crippen LogP contribution in [0, 0.1) is 0 Å². The molecule has 0 spiro atoms. The molecular formula is C25H28O6. The van der Waals surface area contributed by atoms with Crippen molar-refractivity contribution in [2.45, 2.75) is 46.0 Å². The van der Waals surface area contributed by atoms with Gasteiger partial charge in [0.2, 0.25) is 0 Å². The molecule has 1 aliphatic rings. The second-order valence-electron chi connectivity index (χ2n) is 8.14. The molecule has 0 saturated heterocycles. The second kappa shape index (κ2) is 9.16. The minimum absolute atomic E-state index is 0.00730. The van der Waals surface area contributed by atoms with E-state index in [9.17, 15) is 25.2 Å². The smallest absolute Gasteiger partial charge is 0.181 e. The van der Waals surface area contributed by atoms with Crippen molar-refractivity contribution in [2.75, 3.05) is 6.61 Å². The average Bonchev–Trinajstić information content (AvgIpc) is 2.68. The van der Waals surface area contributed by atoms with E-state index < -0.39 is 11.7 Å². The molecule has 6 heteroatoms. The van der Waals surface area contributed by atoms with Crippen molar-refractivity contribution in [3.05, 3.63) is 64.3 Å². The molecule has 2 aromatic rings. The van der Waals surface area contributed by atoms with Gasteiger partial charge in [-0.2, -0.15) is 0 Å². The van der Waals surface area contributed by atoms with Crippen LogP contribution in [0.3, 0.4) is 0 Å². The van der Waals surface area contributed by atoms with Gasteiger partial charge in [-0.15, -0.1) is 0 Å². The number of phenols is 4. The summed E-state index contributed by atoms with van der Waals surface area (Å²) in [6.07, 6.45) is 6.13. The quantitative estimate of drug-likeness (QED) is 0.481. The zero-order valence-corrected chi connectivity index (χ0v) is 18.0. The largest absolute Gasteiger partial charge is 0.508 e. The molecule has 0 radical (unpaired) electrons. The number of hydrogen-bond acceptors (Lipinski definition) is 6. The number of carbonyl (C=O) groups is 1. The molecule has 0 saturated carbocycles. The number of hydrogen-bond donors (Lipinski definition) is 4. The number of ether oxygens (including phenoxy) is 1. The number of phenolic OH excluding ortho intramolecular Hbond substituents is 4. The second-order valence-corrected chi connectivity index (χ2v) is 8.14. The average molecular weight is 424 g/mol. The van der Waals surface area contributed by atoms with Crippen LogP contribution in [0.5, 0.6) is 28.7 Å². The Morgan fingerprint density at radius 2 is 1.81 bits per heavy atom. The van der Waals surface area contributed by atoms with Gasteiger partial charge < -0.3 is 25.2 Å². The summed E-state index contributed by atoms with van der Waals surface area (Å²) in [6, 6.07) is 5.34. The molecule has 6 nitrogen and oxygen atoms in total. The predicted octanol–water partition coefficient (Wildman–Crippen LogP) is 5.10. The summed E-state index contributed by atoms with van der Waals surface area (Å²) in [5.41, 5.74) is 2.92. The minimum atomic E-state index is -0.835. The molecule has 0 amide bonds. The third-order valence-corrected chi connectivity index (χ3v) is 5.45. The molecular weight excluding hydrogens is 396 g/mol. The summed E-state index contributed by atoms with van der Waals surface area (Å²) < 4.78 is 5.63. The number of Topliss-reactive ketones (excluding diaryl/α,β-unsaturated/α-hetero) is 1. The number of allylic oxidation sites excluding steroid dienone is 4. The van der Waals surface area contributed by atoms with E-state index in [1.54, 1.807) is 0 Å². The monoisotopic (exact) mass is 424 g/mol. The van der Waals surface area contributed by atoms with Gasteiger partial charge in [0.1, 0.15) is 40.9 Å². The summed E-state index contributed by atoms with van der Waals surface area (Å²) in [7, 11) is 0. The standard InChI is InChI=1S/C25H28O6/c1-14(2)5-4-6-15(3)7-9-18-21(28)12-22-23(24(18)29)25(30)19(13-31-22)17-10-8-16(26)11-20(17)27/h5,7-8,10-12,19,26-29H,4,6,9,13H2,1-3H3/b15-7+. The van der Waals surface area contributed by atoms with Gasteiger partial charge in [0.05, 0.1) is 5.92 Å². The molecule has 1 unspecified atom stereocenters. The van der Waals surface area contributed by atoms with Crippen LogP contribution < -0.4 is 4.74 Å². The Labute approximate surface area is 181 Å². The Morgan fingerprint density at radius 1 is 1.06 bits per heavy atom. The number of ketones is 1. The number of rotatable bonds is 6. The molecule has 164 valence electrons. The van der Waals surface area contributed by atoms with Crippen molar-refractivity contribution in [2.24, 2.45) is 0 Å². The number of aromatic hydroxyl groups is 4. The molecule has 0 fully saturated rings. The Bertz CT molecular complexity index is 1060. The van der Waals surface area contributed by atoms with E-state index in [2.05, 4.69) is 6.08 Å². The number of carbonyl (C=O) groups excluding carboxylic acids is 1. The molecule has 4 N–H and O–H groups in total. The first kappa shape index (κ1) is 22.3. The first-order valence-electron chi connectivity index (χ1n) is 10.2. The van der Waals surface area contributed by atoms with E-state index in [-0.39, 0.29) is 52.9 Å². The maximum absolute atomic E-state index is 13.2. The normalized spacial score (nSPS) is 15.9. The summed E-state index contributed by atoms with van der Waals surface area (Å²) in [5, 5.41) is 40.9. The molecule has 1 heterocycles. The Kier molecular flexibility index (Phi) is 6.59. The molecule has 2 aromatic carbocycles. The highest BCUT2D eigenvalue weighted by molar-refractivity contribution is 6.07. The summed E-state index contributed by atoms with van der Waals surface area (Å²) in [4.78, 5) is 13.2. The summed E-state index contributed by atoms with van der Waals surface area (Å²) in [6.45, 7) is 6.04. The van der Waals surface area contributed by atoms with Crippen LogP contribution in [-0.2, 0) is 6.42 Å². The molecule has 0 aromatic heterocycles. The van der Waals surface area contributed by atoms with Crippen molar-refractivity contribution in [3.8, 4) is 28.7 Å². The molecule has 3 rings (SSSR count). The third-order valence-electron chi connectivity index (χ3n) is 5.45. The van der Waals surface area contributed by atoms with E-state index >= 15 is 0 Å². The zero-order chi connectivity index (χ0) is 22.7. The van der Waals surface area contributed by atoms with Crippen LogP contribution in [0.15, 0.2) is 47.6 Å². The van der Waals surface area contributed by atoms with Gasteiger partial charge in [0.15, 0.2) is 5.78 Å². The van der Waals surface area contributed by atoms with Crippen LogP contribution in [0.2, 0.25) is 0 Å².